The summed E-state index contributed by atoms with van der Waals surface area (Å²) in [5, 5.41) is 3.59. The van der Waals surface area contributed by atoms with Gasteiger partial charge in [0.2, 0.25) is 5.91 Å². The topological polar surface area (TPSA) is 114 Å². The molecule has 6 rings (SSSR count). The number of ketones is 1. The molecule has 1 aromatic heterocycles. The Morgan fingerprint density at radius 3 is 2.24 bits per heavy atom. The molecule has 0 radical (unpaired) electrons. The number of anilines is 2. The van der Waals surface area contributed by atoms with Crippen LogP contribution in [0.4, 0.5) is 11.4 Å². The predicted molar refractivity (Wildman–Crippen MR) is 172 cm³/mol. The maximum Gasteiger partial charge on any atom is 0.289 e. The van der Waals surface area contributed by atoms with Crippen LogP contribution in [0.5, 0.6) is 17.2 Å². The number of furan rings is 1. The van der Waals surface area contributed by atoms with Crippen molar-refractivity contribution < 1.29 is 33.0 Å². The van der Waals surface area contributed by atoms with Crippen LogP contribution >= 0.6 is 0 Å². The van der Waals surface area contributed by atoms with Crippen LogP contribution in [0.25, 0.3) is 0 Å². The van der Waals surface area contributed by atoms with Crippen molar-refractivity contribution in [3.63, 3.8) is 0 Å². The molecular formula is C35H40N4O7. The fraction of sp³-hybridized carbons (Fsp3) is 0.400. The number of fused-ring (bicyclic) bond motifs is 1. The molecule has 3 aromatic rings. The van der Waals surface area contributed by atoms with Gasteiger partial charge in [-0.3, -0.25) is 14.4 Å². The van der Waals surface area contributed by atoms with Gasteiger partial charge in [-0.05, 0) is 42.2 Å². The van der Waals surface area contributed by atoms with Crippen molar-refractivity contribution in [3.05, 3.63) is 77.4 Å². The highest BCUT2D eigenvalue weighted by Gasteiger charge is 2.43. The Morgan fingerprint density at radius 1 is 0.891 bits per heavy atom. The van der Waals surface area contributed by atoms with Gasteiger partial charge in [-0.25, -0.2) is 0 Å². The van der Waals surface area contributed by atoms with Gasteiger partial charge < -0.3 is 38.6 Å². The van der Waals surface area contributed by atoms with Crippen LogP contribution < -0.4 is 24.4 Å². The number of benzene rings is 2. The number of rotatable bonds is 7. The summed E-state index contributed by atoms with van der Waals surface area (Å²) >= 11 is 0. The van der Waals surface area contributed by atoms with Gasteiger partial charge in [0.1, 0.15) is 5.75 Å². The number of nitrogens with one attached hydrogen (secondary N) is 1. The van der Waals surface area contributed by atoms with E-state index in [0.717, 1.165) is 17.1 Å². The molecular weight excluding hydrogens is 588 g/mol. The lowest BCUT2D eigenvalue weighted by Crippen LogP contribution is -2.53. The van der Waals surface area contributed by atoms with E-state index >= 15 is 0 Å². The molecule has 1 atom stereocenters. The lowest BCUT2D eigenvalue weighted by molar-refractivity contribution is -0.131. The van der Waals surface area contributed by atoms with Crippen LogP contribution in [-0.2, 0) is 9.59 Å². The zero-order valence-electron chi connectivity index (χ0n) is 26.9. The SMILES string of the molecule is COc1cc(OC)c(C2C3=C(CC(C)(C)CC3=O)Nc3ccccc3N2CC(=O)N2CCN(C(=O)c3ccco3)CC2)cc1OC. The van der Waals surface area contributed by atoms with E-state index in [1.807, 2.05) is 35.2 Å². The summed E-state index contributed by atoms with van der Waals surface area (Å²) in [6, 6.07) is 14.0. The van der Waals surface area contributed by atoms with Crippen molar-refractivity contribution in [2.75, 3.05) is 64.3 Å². The molecule has 3 aliphatic rings. The molecule has 1 saturated heterocycles. The molecule has 0 bridgehead atoms. The molecule has 242 valence electrons. The minimum Gasteiger partial charge on any atom is -0.496 e. The average molecular weight is 629 g/mol. The van der Waals surface area contributed by atoms with Crippen LogP contribution in [0.1, 0.15) is 48.8 Å². The Kier molecular flexibility index (Phi) is 8.41. The van der Waals surface area contributed by atoms with Gasteiger partial charge in [-0.2, -0.15) is 0 Å². The zero-order chi connectivity index (χ0) is 32.6. The molecule has 1 N–H and O–H groups in total. The van der Waals surface area contributed by atoms with E-state index in [-0.39, 0.29) is 35.3 Å². The van der Waals surface area contributed by atoms with Crippen molar-refractivity contribution >= 4 is 29.0 Å². The Bertz CT molecular complexity index is 1670. The standard InChI is InChI=1S/C35H40N4O7/c1-35(2)19-24-32(26(40)20-35)33(22-17-29(44-4)30(45-5)18-28(22)43-3)39(25-10-7-6-9-23(25)36-24)21-31(41)37-12-14-38(15-13-37)34(42)27-11-8-16-46-27/h6-11,16-18,33,36H,12-15,19-21H2,1-5H3. The van der Waals surface area contributed by atoms with Crippen molar-refractivity contribution in [1.82, 2.24) is 9.80 Å². The number of hydrogen-bond donors (Lipinski definition) is 1. The summed E-state index contributed by atoms with van der Waals surface area (Å²) in [4.78, 5) is 46.6. The molecule has 2 aromatic carbocycles. The van der Waals surface area contributed by atoms with Gasteiger partial charge >= 0.3 is 0 Å². The van der Waals surface area contributed by atoms with Gasteiger partial charge in [-0.15, -0.1) is 0 Å². The second kappa shape index (κ2) is 12.5. The zero-order valence-corrected chi connectivity index (χ0v) is 26.9. The highest BCUT2D eigenvalue weighted by Crippen LogP contribution is 2.51. The van der Waals surface area contributed by atoms with Gasteiger partial charge in [0.15, 0.2) is 23.0 Å². The molecule has 11 nitrogen and oxygen atoms in total. The number of methoxy groups -OCH3 is 3. The molecule has 1 fully saturated rings. The number of para-hydroxylation sites is 2. The predicted octanol–water partition coefficient (Wildman–Crippen LogP) is 4.91. The maximum absolute atomic E-state index is 14.2. The molecule has 2 amide bonds. The summed E-state index contributed by atoms with van der Waals surface area (Å²) in [6.45, 7) is 5.71. The van der Waals surface area contributed by atoms with E-state index in [9.17, 15) is 14.4 Å². The van der Waals surface area contributed by atoms with Crippen molar-refractivity contribution in [2.45, 2.75) is 32.7 Å². The van der Waals surface area contributed by atoms with Crippen LogP contribution in [0.2, 0.25) is 0 Å². The maximum atomic E-state index is 14.2. The number of amides is 2. The van der Waals surface area contributed by atoms with E-state index in [4.69, 9.17) is 18.6 Å². The number of carbonyl (C=O) groups excluding carboxylic acids is 3. The third kappa shape index (κ3) is 5.77. The monoisotopic (exact) mass is 628 g/mol. The summed E-state index contributed by atoms with van der Waals surface area (Å²) in [5.41, 5.74) is 3.45. The number of Topliss-reactive ketones (excluding diaryl/α,β-unsaturated/α-hetero) is 1. The van der Waals surface area contributed by atoms with E-state index in [1.165, 1.54) is 6.26 Å². The first-order chi connectivity index (χ1) is 22.1. The lowest BCUT2D eigenvalue weighted by Gasteiger charge is -2.40. The lowest BCUT2D eigenvalue weighted by atomic mass is 9.73. The Labute approximate surface area is 268 Å². The van der Waals surface area contributed by atoms with Crippen LogP contribution in [-0.4, -0.2) is 81.5 Å². The first-order valence-corrected chi connectivity index (χ1v) is 15.4. The van der Waals surface area contributed by atoms with Gasteiger partial charge in [0.05, 0.1) is 51.6 Å². The van der Waals surface area contributed by atoms with Crippen LogP contribution in [0.15, 0.2) is 70.5 Å². The molecule has 2 aliphatic heterocycles. The fourth-order valence-corrected chi connectivity index (χ4v) is 6.78. The molecule has 3 heterocycles. The molecule has 0 spiro atoms. The molecule has 0 saturated carbocycles. The Balaban J connectivity index is 1.41. The molecule has 1 aliphatic carbocycles. The highest BCUT2D eigenvalue weighted by atomic mass is 16.5. The number of piperazine rings is 1. The fourth-order valence-electron chi connectivity index (χ4n) is 6.78. The normalized spacial score (nSPS) is 19.1. The van der Waals surface area contributed by atoms with Crippen LogP contribution in [0, 0.1) is 5.41 Å². The number of nitrogens with zero attached hydrogens (tertiary/aromatic N) is 3. The minimum atomic E-state index is -0.671. The van der Waals surface area contributed by atoms with E-state index in [1.54, 1.807) is 49.3 Å². The summed E-state index contributed by atoms with van der Waals surface area (Å²) in [7, 11) is 4.70. The van der Waals surface area contributed by atoms with Gasteiger partial charge in [0.25, 0.3) is 5.91 Å². The van der Waals surface area contributed by atoms with E-state index in [2.05, 4.69) is 19.2 Å². The second-order valence-corrected chi connectivity index (χ2v) is 12.6. The number of allylic oxidation sites excluding steroid dienone is 1. The minimum absolute atomic E-state index is 0.0101. The van der Waals surface area contributed by atoms with Gasteiger partial charge in [-0.1, -0.05) is 26.0 Å². The number of carbonyl (C=O) groups is 3. The quantitative estimate of drug-likeness (QED) is 0.390. The molecule has 11 heteroatoms. The second-order valence-electron chi connectivity index (χ2n) is 12.6. The Morgan fingerprint density at radius 2 is 1.57 bits per heavy atom. The largest absolute Gasteiger partial charge is 0.496 e. The number of hydrogen-bond acceptors (Lipinski definition) is 9. The first kappa shape index (κ1) is 31.1. The van der Waals surface area contributed by atoms with E-state index in [0.29, 0.717) is 67.4 Å². The number of ether oxygens (including phenoxy) is 3. The third-order valence-electron chi connectivity index (χ3n) is 8.99. The molecule has 1 unspecified atom stereocenters. The average Bonchev–Trinajstić information content (AvgIpc) is 3.55. The van der Waals surface area contributed by atoms with Crippen molar-refractivity contribution in [2.24, 2.45) is 5.41 Å². The Hall–Kier alpha value is -4.93. The van der Waals surface area contributed by atoms with Crippen molar-refractivity contribution in [1.29, 1.82) is 0 Å². The van der Waals surface area contributed by atoms with E-state index < -0.39 is 6.04 Å². The van der Waals surface area contributed by atoms with Gasteiger partial charge in [0, 0.05) is 55.5 Å². The van der Waals surface area contributed by atoms with Crippen molar-refractivity contribution in [3.8, 4) is 17.2 Å². The smallest absolute Gasteiger partial charge is 0.289 e. The van der Waals surface area contributed by atoms with Crippen LogP contribution in [0.3, 0.4) is 0 Å². The summed E-state index contributed by atoms with van der Waals surface area (Å²) in [6.07, 6.45) is 2.50. The molecule has 46 heavy (non-hydrogen) atoms. The third-order valence-corrected chi connectivity index (χ3v) is 8.99. The summed E-state index contributed by atoms with van der Waals surface area (Å²) < 4.78 is 22.5. The highest BCUT2D eigenvalue weighted by molar-refractivity contribution is 6.02. The summed E-state index contributed by atoms with van der Waals surface area (Å²) in [5.74, 6) is 1.47. The first-order valence-electron chi connectivity index (χ1n) is 15.4.